The molecule has 1 aliphatic carbocycles. The molecule has 5 nitrogen and oxygen atoms in total. The first-order valence-corrected chi connectivity index (χ1v) is 9.06. The van der Waals surface area contributed by atoms with Gasteiger partial charge in [0.2, 0.25) is 5.91 Å². The van der Waals surface area contributed by atoms with E-state index >= 15 is 0 Å². The Morgan fingerprint density at radius 3 is 2.16 bits per heavy atom. The lowest BCUT2D eigenvalue weighted by Crippen LogP contribution is -2.43. The Balaban J connectivity index is 2.11. The minimum Gasteiger partial charge on any atom is -0.481 e. The van der Waals surface area contributed by atoms with Crippen molar-refractivity contribution >= 4 is 23.3 Å². The number of hydrogen-bond acceptors (Lipinski definition) is 3. The van der Waals surface area contributed by atoms with Crippen LogP contribution in [0.2, 0.25) is 0 Å². The first-order valence-electron chi connectivity index (χ1n) is 9.06. The van der Waals surface area contributed by atoms with E-state index < -0.39 is 16.8 Å². The zero-order valence-electron chi connectivity index (χ0n) is 15.9. The van der Waals surface area contributed by atoms with Crippen LogP contribution in [0.4, 0.5) is 11.4 Å². The number of nitrogens with one attached hydrogen (secondary N) is 1. The van der Waals surface area contributed by atoms with Gasteiger partial charge in [0, 0.05) is 30.4 Å². The number of carboxylic acids is 1. The van der Waals surface area contributed by atoms with Gasteiger partial charge in [-0.2, -0.15) is 0 Å². The van der Waals surface area contributed by atoms with Gasteiger partial charge in [0.25, 0.3) is 0 Å². The van der Waals surface area contributed by atoms with E-state index in [9.17, 15) is 14.7 Å². The molecule has 0 spiro atoms. The SMILES string of the molecule is CCN(CC)c1ccc(NC(=O)C2CC[C@](C)(C(=O)O)C2(C)C)cc1. The Labute approximate surface area is 150 Å². The minimum atomic E-state index is -0.873. The van der Waals surface area contributed by atoms with Gasteiger partial charge in [0.1, 0.15) is 0 Å². The summed E-state index contributed by atoms with van der Waals surface area (Å²) in [7, 11) is 0. The van der Waals surface area contributed by atoms with Crippen molar-refractivity contribution in [3.8, 4) is 0 Å². The highest BCUT2D eigenvalue weighted by atomic mass is 16.4. The molecule has 0 aliphatic heterocycles. The molecular weight excluding hydrogens is 316 g/mol. The van der Waals surface area contributed by atoms with Gasteiger partial charge in [-0.25, -0.2) is 0 Å². The van der Waals surface area contributed by atoms with Crippen LogP contribution in [0, 0.1) is 16.7 Å². The van der Waals surface area contributed by atoms with Crippen LogP contribution >= 0.6 is 0 Å². The Bertz CT molecular complexity index is 635. The molecule has 2 rings (SSSR count). The molecule has 1 unspecified atom stereocenters. The van der Waals surface area contributed by atoms with E-state index in [4.69, 9.17) is 0 Å². The smallest absolute Gasteiger partial charge is 0.309 e. The van der Waals surface area contributed by atoms with Crippen molar-refractivity contribution in [2.45, 2.75) is 47.5 Å². The van der Waals surface area contributed by atoms with E-state index in [1.807, 2.05) is 38.1 Å². The minimum absolute atomic E-state index is 0.0921. The summed E-state index contributed by atoms with van der Waals surface area (Å²) in [6, 6.07) is 7.82. The molecule has 0 aromatic heterocycles. The van der Waals surface area contributed by atoms with E-state index in [0.717, 1.165) is 24.5 Å². The normalized spacial score (nSPS) is 24.8. The van der Waals surface area contributed by atoms with Crippen LogP contribution in [0.1, 0.15) is 47.5 Å². The molecule has 0 saturated heterocycles. The first-order chi connectivity index (χ1) is 11.7. The maximum Gasteiger partial charge on any atom is 0.309 e. The van der Waals surface area contributed by atoms with Crippen LogP contribution in [0.3, 0.4) is 0 Å². The van der Waals surface area contributed by atoms with Gasteiger partial charge in [-0.3, -0.25) is 9.59 Å². The maximum absolute atomic E-state index is 12.8. The number of amides is 1. The largest absolute Gasteiger partial charge is 0.481 e. The monoisotopic (exact) mass is 346 g/mol. The van der Waals surface area contributed by atoms with Crippen molar-refractivity contribution in [2.75, 3.05) is 23.3 Å². The predicted molar refractivity (Wildman–Crippen MR) is 101 cm³/mol. The second-order valence-corrected chi connectivity index (χ2v) is 7.66. The number of anilines is 2. The lowest BCUT2D eigenvalue weighted by molar-refractivity contribution is -0.154. The van der Waals surface area contributed by atoms with Crippen molar-refractivity contribution in [3.05, 3.63) is 24.3 Å². The lowest BCUT2D eigenvalue weighted by atomic mass is 9.65. The molecule has 1 aromatic rings. The van der Waals surface area contributed by atoms with Crippen LogP contribution in [0.5, 0.6) is 0 Å². The molecule has 2 atom stereocenters. The van der Waals surface area contributed by atoms with Gasteiger partial charge in [0.15, 0.2) is 0 Å². The van der Waals surface area contributed by atoms with Crippen molar-refractivity contribution < 1.29 is 14.7 Å². The topological polar surface area (TPSA) is 69.6 Å². The Morgan fingerprint density at radius 1 is 1.16 bits per heavy atom. The van der Waals surface area contributed by atoms with Gasteiger partial charge in [0.05, 0.1) is 5.41 Å². The zero-order chi connectivity index (χ0) is 18.8. The molecule has 0 bridgehead atoms. The second-order valence-electron chi connectivity index (χ2n) is 7.66. The van der Waals surface area contributed by atoms with Gasteiger partial charge >= 0.3 is 5.97 Å². The summed E-state index contributed by atoms with van der Waals surface area (Å²) >= 11 is 0. The van der Waals surface area contributed by atoms with Gasteiger partial charge in [-0.1, -0.05) is 13.8 Å². The lowest BCUT2D eigenvalue weighted by Gasteiger charge is -2.37. The highest BCUT2D eigenvalue weighted by Crippen LogP contribution is 2.56. The van der Waals surface area contributed by atoms with E-state index in [2.05, 4.69) is 24.1 Å². The fourth-order valence-electron chi connectivity index (χ4n) is 3.92. The molecule has 2 N–H and O–H groups in total. The number of rotatable bonds is 6. The third kappa shape index (κ3) is 3.37. The molecule has 1 aliphatic rings. The Morgan fingerprint density at radius 2 is 1.72 bits per heavy atom. The Kier molecular flexibility index (Phi) is 5.45. The molecule has 1 fully saturated rings. The maximum atomic E-state index is 12.8. The van der Waals surface area contributed by atoms with Gasteiger partial charge in [-0.05, 0) is 63.3 Å². The predicted octanol–water partition coefficient (Wildman–Crippen LogP) is 4.00. The molecule has 0 radical (unpaired) electrons. The molecule has 0 heterocycles. The van der Waals surface area contributed by atoms with E-state index in [-0.39, 0.29) is 11.8 Å². The Hall–Kier alpha value is -2.04. The number of carboxylic acid groups (broad SMARTS) is 1. The van der Waals surface area contributed by atoms with Crippen LogP contribution in [0.15, 0.2) is 24.3 Å². The number of aliphatic carboxylic acids is 1. The van der Waals surface area contributed by atoms with Crippen LogP contribution in [0.25, 0.3) is 0 Å². The summed E-state index contributed by atoms with van der Waals surface area (Å²) in [5.74, 6) is -1.22. The molecule has 138 valence electrons. The highest BCUT2D eigenvalue weighted by molar-refractivity contribution is 5.94. The summed E-state index contributed by atoms with van der Waals surface area (Å²) < 4.78 is 0. The fourth-order valence-corrected chi connectivity index (χ4v) is 3.92. The van der Waals surface area contributed by atoms with Crippen molar-refractivity contribution in [1.82, 2.24) is 0 Å². The standard InChI is InChI=1S/C20H30N2O3/c1-6-22(7-2)15-10-8-14(9-11-15)21-17(23)16-12-13-20(5,18(24)25)19(16,3)4/h8-11,16H,6-7,12-13H2,1-5H3,(H,21,23)(H,24,25)/t16?,20-/m1/s1. The summed E-state index contributed by atoms with van der Waals surface area (Å²) in [6.07, 6.45) is 1.12. The summed E-state index contributed by atoms with van der Waals surface area (Å²) in [6.45, 7) is 11.6. The van der Waals surface area contributed by atoms with Crippen molar-refractivity contribution in [1.29, 1.82) is 0 Å². The number of carbonyl (C=O) groups is 2. The number of benzene rings is 1. The highest BCUT2D eigenvalue weighted by Gasteiger charge is 2.58. The molecular formula is C20H30N2O3. The molecule has 5 heteroatoms. The van der Waals surface area contributed by atoms with E-state index in [0.29, 0.717) is 12.8 Å². The fraction of sp³-hybridized carbons (Fsp3) is 0.600. The van der Waals surface area contributed by atoms with Crippen molar-refractivity contribution in [3.63, 3.8) is 0 Å². The number of hydrogen-bond donors (Lipinski definition) is 2. The summed E-state index contributed by atoms with van der Waals surface area (Å²) in [5.41, 5.74) is 0.411. The first kappa shape index (κ1) is 19.3. The number of nitrogens with zero attached hydrogens (tertiary/aromatic N) is 1. The molecule has 1 saturated carbocycles. The quantitative estimate of drug-likeness (QED) is 0.817. The van der Waals surface area contributed by atoms with Gasteiger partial charge < -0.3 is 15.3 Å². The summed E-state index contributed by atoms with van der Waals surface area (Å²) in [5, 5.41) is 12.6. The van der Waals surface area contributed by atoms with E-state index in [1.54, 1.807) is 6.92 Å². The van der Waals surface area contributed by atoms with Crippen LogP contribution < -0.4 is 10.2 Å². The third-order valence-electron chi connectivity index (χ3n) is 6.28. The molecule has 25 heavy (non-hydrogen) atoms. The molecule has 1 aromatic carbocycles. The zero-order valence-corrected chi connectivity index (χ0v) is 15.9. The van der Waals surface area contributed by atoms with E-state index in [1.165, 1.54) is 0 Å². The average molecular weight is 346 g/mol. The third-order valence-corrected chi connectivity index (χ3v) is 6.28. The average Bonchev–Trinajstić information content (AvgIpc) is 2.81. The summed E-state index contributed by atoms with van der Waals surface area (Å²) in [4.78, 5) is 26.7. The van der Waals surface area contributed by atoms with Gasteiger partial charge in [-0.15, -0.1) is 0 Å². The van der Waals surface area contributed by atoms with Crippen molar-refractivity contribution in [2.24, 2.45) is 16.7 Å². The number of carbonyl (C=O) groups excluding carboxylic acids is 1. The van der Waals surface area contributed by atoms with Crippen LogP contribution in [-0.2, 0) is 9.59 Å². The second kappa shape index (κ2) is 7.06. The molecule has 1 amide bonds. The van der Waals surface area contributed by atoms with Crippen LogP contribution in [-0.4, -0.2) is 30.1 Å².